The lowest BCUT2D eigenvalue weighted by Gasteiger charge is -2.04. The van der Waals surface area contributed by atoms with E-state index in [1.165, 1.54) is 64.2 Å². The molecule has 0 spiro atoms. The molecule has 0 radical (unpaired) electrons. The van der Waals surface area contributed by atoms with Gasteiger partial charge >= 0.3 is 0 Å². The third-order valence-corrected chi connectivity index (χ3v) is 5.96. The zero-order chi connectivity index (χ0) is 17.6. The van der Waals surface area contributed by atoms with E-state index in [9.17, 15) is 0 Å². The molecule has 1 aliphatic rings. The van der Waals surface area contributed by atoms with Crippen molar-refractivity contribution in [3.63, 3.8) is 0 Å². The highest BCUT2D eigenvalue weighted by Gasteiger charge is 2.01. The quantitative estimate of drug-likeness (QED) is 0.250. The fourth-order valence-corrected chi connectivity index (χ4v) is 3.83. The molecule has 0 aliphatic heterocycles. The van der Waals surface area contributed by atoms with Crippen LogP contribution in [0.5, 0.6) is 0 Å². The minimum Gasteiger partial charge on any atom is -0.0555 e. The standard InChI is InChI=1S/C20H24Br4/c21-19(22)17-13-9-7-5-3-1-2-4-6-8-10-14-18(20(23)24)16-12-11-15-17/h1-10,13-14H2. The largest absolute Gasteiger partial charge is 0.0719 e. The van der Waals surface area contributed by atoms with Crippen LogP contribution in [-0.2, 0) is 0 Å². The van der Waals surface area contributed by atoms with Gasteiger partial charge in [0.05, 0.1) is 6.78 Å². The Morgan fingerprint density at radius 3 is 1.08 bits per heavy atom. The van der Waals surface area contributed by atoms with Crippen molar-refractivity contribution in [2.45, 2.75) is 77.0 Å². The van der Waals surface area contributed by atoms with Crippen molar-refractivity contribution in [3.8, 4) is 23.7 Å². The van der Waals surface area contributed by atoms with Crippen LogP contribution in [0, 0.1) is 23.7 Å². The number of halogens is 4. The number of allylic oxidation sites excluding steroid dienone is 2. The number of hydrogen-bond donors (Lipinski definition) is 0. The molecular formula is C20H24Br4. The Labute approximate surface area is 181 Å². The predicted molar refractivity (Wildman–Crippen MR) is 121 cm³/mol. The monoisotopic (exact) mass is 580 g/mol. The van der Waals surface area contributed by atoms with Gasteiger partial charge in [0, 0.05) is 11.1 Å². The van der Waals surface area contributed by atoms with Crippen molar-refractivity contribution in [2.24, 2.45) is 0 Å². The maximum absolute atomic E-state index is 3.50. The minimum absolute atomic E-state index is 0.955. The van der Waals surface area contributed by atoms with Gasteiger partial charge in [-0.25, -0.2) is 0 Å². The second-order valence-electron chi connectivity index (χ2n) is 6.01. The summed E-state index contributed by atoms with van der Waals surface area (Å²) in [5, 5.41) is 0. The van der Waals surface area contributed by atoms with Crippen molar-refractivity contribution in [1.82, 2.24) is 0 Å². The highest BCUT2D eigenvalue weighted by molar-refractivity contribution is 9.28. The molecule has 0 bridgehead atoms. The normalized spacial score (nSPS) is 18.3. The van der Waals surface area contributed by atoms with Crippen LogP contribution in [0.4, 0.5) is 0 Å². The van der Waals surface area contributed by atoms with Crippen molar-refractivity contribution >= 4 is 63.7 Å². The zero-order valence-electron chi connectivity index (χ0n) is 14.0. The van der Waals surface area contributed by atoms with E-state index in [0.717, 1.165) is 30.8 Å². The number of rotatable bonds is 0. The molecule has 4 heteroatoms. The lowest BCUT2D eigenvalue weighted by Crippen LogP contribution is -1.86. The second kappa shape index (κ2) is 14.7. The van der Waals surface area contributed by atoms with Crippen LogP contribution in [0.15, 0.2) is 17.9 Å². The van der Waals surface area contributed by atoms with E-state index in [2.05, 4.69) is 87.4 Å². The van der Waals surface area contributed by atoms with E-state index in [0.29, 0.717) is 0 Å². The number of hydrogen-bond acceptors (Lipinski definition) is 0. The summed E-state index contributed by atoms with van der Waals surface area (Å²) < 4.78 is 1.91. The SMILES string of the molecule is BrC(Br)=C1C#CC#CC(=C(Br)Br)CCCCCCCCCCCC1. The Kier molecular flexibility index (Phi) is 13.8. The summed E-state index contributed by atoms with van der Waals surface area (Å²) in [6.07, 6.45) is 15.2. The van der Waals surface area contributed by atoms with Gasteiger partial charge in [0.25, 0.3) is 0 Å². The molecule has 0 aromatic carbocycles. The van der Waals surface area contributed by atoms with Gasteiger partial charge in [-0.15, -0.1) is 0 Å². The Bertz CT molecular complexity index is 504. The van der Waals surface area contributed by atoms with Crippen LogP contribution in [0.25, 0.3) is 0 Å². The third kappa shape index (κ3) is 11.2. The van der Waals surface area contributed by atoms with Gasteiger partial charge < -0.3 is 0 Å². The first-order valence-corrected chi connectivity index (χ1v) is 11.9. The van der Waals surface area contributed by atoms with Crippen molar-refractivity contribution < 1.29 is 0 Å². The molecule has 1 aliphatic carbocycles. The first-order valence-electron chi connectivity index (χ1n) is 8.71. The highest BCUT2D eigenvalue weighted by atomic mass is 79.9. The van der Waals surface area contributed by atoms with Crippen LogP contribution in [0.2, 0.25) is 0 Å². The molecule has 0 saturated carbocycles. The van der Waals surface area contributed by atoms with Crippen molar-refractivity contribution in [3.05, 3.63) is 17.9 Å². The van der Waals surface area contributed by atoms with Crippen LogP contribution in [0.3, 0.4) is 0 Å². The molecule has 0 nitrogen and oxygen atoms in total. The van der Waals surface area contributed by atoms with Gasteiger partial charge in [-0.1, -0.05) is 63.2 Å². The maximum atomic E-state index is 3.50. The van der Waals surface area contributed by atoms with Crippen LogP contribution in [0.1, 0.15) is 77.0 Å². The summed E-state index contributed by atoms with van der Waals surface area (Å²) in [4.78, 5) is 0. The van der Waals surface area contributed by atoms with Gasteiger partial charge in [0.2, 0.25) is 0 Å². The van der Waals surface area contributed by atoms with Gasteiger partial charge in [0.1, 0.15) is 0 Å². The molecule has 0 aromatic rings. The van der Waals surface area contributed by atoms with Gasteiger partial charge in [-0.2, -0.15) is 0 Å². The highest BCUT2D eigenvalue weighted by Crippen LogP contribution is 2.25. The van der Waals surface area contributed by atoms with E-state index < -0.39 is 0 Å². The van der Waals surface area contributed by atoms with Gasteiger partial charge in [-0.3, -0.25) is 0 Å². The first-order chi connectivity index (χ1) is 11.6. The molecule has 0 heterocycles. The fraction of sp³-hybridized carbons (Fsp3) is 0.600. The minimum atomic E-state index is 0.955. The Morgan fingerprint density at radius 1 is 0.500 bits per heavy atom. The average Bonchev–Trinajstić information content (AvgIpc) is 2.54. The lowest BCUT2D eigenvalue weighted by atomic mass is 10.0. The average molecular weight is 584 g/mol. The molecule has 0 N–H and O–H groups in total. The summed E-state index contributed by atoms with van der Waals surface area (Å²) >= 11 is 14.0. The van der Waals surface area contributed by atoms with Crippen molar-refractivity contribution in [2.75, 3.05) is 0 Å². The summed E-state index contributed by atoms with van der Waals surface area (Å²) in [6.45, 7) is 0. The Hall–Kier alpha value is 0.520. The molecule has 0 amide bonds. The molecule has 0 unspecified atom stereocenters. The van der Waals surface area contributed by atoms with Crippen LogP contribution < -0.4 is 0 Å². The summed E-state index contributed by atoms with van der Waals surface area (Å²) in [6, 6.07) is 0. The lowest BCUT2D eigenvalue weighted by molar-refractivity contribution is 0.552. The molecule has 0 fully saturated rings. The van der Waals surface area contributed by atoms with E-state index in [1.54, 1.807) is 0 Å². The smallest absolute Gasteiger partial charge is 0.0555 e. The molecular weight excluding hydrogens is 560 g/mol. The van der Waals surface area contributed by atoms with Gasteiger partial charge in [-0.05, 0) is 101 Å². The summed E-state index contributed by atoms with van der Waals surface area (Å²) in [5.74, 6) is 12.4. The van der Waals surface area contributed by atoms with Crippen LogP contribution in [-0.4, -0.2) is 0 Å². The second-order valence-corrected chi connectivity index (χ2v) is 11.3. The topological polar surface area (TPSA) is 0 Å². The summed E-state index contributed by atoms with van der Waals surface area (Å²) in [7, 11) is 0. The molecule has 1 rings (SSSR count). The fourth-order valence-electron chi connectivity index (χ4n) is 2.64. The Balaban J connectivity index is 2.78. The van der Waals surface area contributed by atoms with Crippen molar-refractivity contribution in [1.29, 1.82) is 0 Å². The Morgan fingerprint density at radius 2 is 0.792 bits per heavy atom. The van der Waals surface area contributed by atoms with E-state index in [4.69, 9.17) is 0 Å². The molecule has 24 heavy (non-hydrogen) atoms. The predicted octanol–water partition coefficient (Wildman–Crippen LogP) is 8.69. The van der Waals surface area contributed by atoms with E-state index in [1.807, 2.05) is 0 Å². The summed E-state index contributed by atoms with van der Waals surface area (Å²) in [5.41, 5.74) is 2.21. The molecule has 132 valence electrons. The van der Waals surface area contributed by atoms with E-state index >= 15 is 0 Å². The van der Waals surface area contributed by atoms with Crippen LogP contribution >= 0.6 is 63.7 Å². The maximum Gasteiger partial charge on any atom is 0.0719 e. The molecule has 0 aromatic heterocycles. The first kappa shape index (κ1) is 22.6. The third-order valence-electron chi connectivity index (χ3n) is 4.05. The molecule has 0 saturated heterocycles. The molecule has 0 atom stereocenters. The zero-order valence-corrected chi connectivity index (χ0v) is 20.3. The van der Waals surface area contributed by atoms with Gasteiger partial charge in [0.15, 0.2) is 0 Å². The van der Waals surface area contributed by atoms with E-state index in [-0.39, 0.29) is 0 Å².